The van der Waals surface area contributed by atoms with Gasteiger partial charge in [-0.1, -0.05) is 24.3 Å². The van der Waals surface area contributed by atoms with E-state index >= 15 is 0 Å². The number of para-hydroxylation sites is 1. The van der Waals surface area contributed by atoms with E-state index < -0.39 is 11.7 Å². The minimum Gasteiger partial charge on any atom is -0.480 e. The minimum absolute atomic E-state index is 0.110. The van der Waals surface area contributed by atoms with Crippen LogP contribution in [0.1, 0.15) is 0 Å². The predicted molar refractivity (Wildman–Crippen MR) is 106 cm³/mol. The Hall–Kier alpha value is -3.87. The number of nitrogens with two attached hydrogens (primary N) is 1. The molecule has 2 aromatic carbocycles. The lowest BCUT2D eigenvalue weighted by atomic mass is 10.1. The fourth-order valence-electron chi connectivity index (χ4n) is 2.83. The molecule has 3 N–H and O–H groups in total. The first-order chi connectivity index (χ1) is 13.6. The number of anilines is 2. The highest BCUT2D eigenvalue weighted by Crippen LogP contribution is 2.25. The van der Waals surface area contributed by atoms with Gasteiger partial charge in [0.05, 0.1) is 11.4 Å². The number of ether oxygens (including phenoxy) is 1. The maximum atomic E-state index is 13.6. The van der Waals surface area contributed by atoms with Gasteiger partial charge in [-0.15, -0.1) is 0 Å². The summed E-state index contributed by atoms with van der Waals surface area (Å²) in [5.74, 6) is -0.519. The molecule has 7 heteroatoms. The maximum absolute atomic E-state index is 13.6. The van der Waals surface area contributed by atoms with Crippen LogP contribution in [0.4, 0.5) is 15.8 Å². The van der Waals surface area contributed by atoms with Crippen molar-refractivity contribution < 1.29 is 13.9 Å². The zero-order chi connectivity index (χ0) is 19.5. The lowest BCUT2D eigenvalue weighted by molar-refractivity contribution is -0.118. The molecular formula is C21H17FN4O2. The van der Waals surface area contributed by atoms with Crippen LogP contribution in [0.25, 0.3) is 16.9 Å². The Morgan fingerprint density at radius 2 is 2.00 bits per heavy atom. The first kappa shape index (κ1) is 17.5. The number of fused-ring (bicyclic) bond motifs is 1. The third kappa shape index (κ3) is 3.64. The molecule has 0 saturated heterocycles. The van der Waals surface area contributed by atoms with E-state index in [4.69, 9.17) is 10.5 Å². The number of hydrogen-bond donors (Lipinski definition) is 2. The molecule has 0 radical (unpaired) electrons. The lowest BCUT2D eigenvalue weighted by Gasteiger charge is -2.08. The Morgan fingerprint density at radius 1 is 1.14 bits per heavy atom. The molecule has 4 aromatic rings. The van der Waals surface area contributed by atoms with Crippen molar-refractivity contribution in [1.82, 2.24) is 9.38 Å². The average Bonchev–Trinajstić information content (AvgIpc) is 3.13. The van der Waals surface area contributed by atoms with E-state index in [0.29, 0.717) is 17.1 Å². The second-order valence-corrected chi connectivity index (χ2v) is 6.17. The molecule has 0 saturated carbocycles. The van der Waals surface area contributed by atoms with Crippen LogP contribution in [0, 0.1) is 5.82 Å². The zero-order valence-corrected chi connectivity index (χ0v) is 14.8. The van der Waals surface area contributed by atoms with E-state index in [0.717, 1.165) is 11.3 Å². The number of aromatic nitrogens is 2. The predicted octanol–water partition coefficient (Wildman–Crippen LogP) is 3.74. The number of imidazole rings is 1. The smallest absolute Gasteiger partial charge is 0.262 e. The number of carbonyl (C=O) groups is 1. The molecule has 28 heavy (non-hydrogen) atoms. The van der Waals surface area contributed by atoms with Gasteiger partial charge in [0.25, 0.3) is 5.91 Å². The maximum Gasteiger partial charge on any atom is 0.262 e. The third-order valence-electron chi connectivity index (χ3n) is 4.14. The molecule has 0 unspecified atom stereocenters. The quantitative estimate of drug-likeness (QED) is 0.520. The number of hydrogen-bond acceptors (Lipinski definition) is 4. The van der Waals surface area contributed by atoms with Gasteiger partial charge in [-0.2, -0.15) is 0 Å². The molecule has 0 spiro atoms. The molecule has 2 aromatic heterocycles. The number of amides is 1. The van der Waals surface area contributed by atoms with Gasteiger partial charge in [-0.3, -0.25) is 4.79 Å². The van der Waals surface area contributed by atoms with Crippen molar-refractivity contribution in [1.29, 1.82) is 0 Å². The molecule has 0 fully saturated rings. The number of nitrogen functional groups attached to an aromatic ring is 1. The Morgan fingerprint density at radius 3 is 2.82 bits per heavy atom. The second-order valence-electron chi connectivity index (χ2n) is 6.17. The largest absolute Gasteiger partial charge is 0.480 e. The summed E-state index contributed by atoms with van der Waals surface area (Å²) in [6, 6.07) is 16.9. The summed E-state index contributed by atoms with van der Waals surface area (Å²) < 4.78 is 21.1. The standard InChI is InChI=1S/C21H17FN4O2/c22-16-7-1-2-8-17(16)24-20(27)13-28-19-9-4-10-26-12-18(25-21(19)26)14-5-3-6-15(23)11-14/h1-12H,13,23H2,(H,24,27). The molecule has 0 aliphatic heterocycles. The van der Waals surface area contributed by atoms with E-state index in [-0.39, 0.29) is 12.3 Å². The van der Waals surface area contributed by atoms with Crippen molar-refractivity contribution in [2.24, 2.45) is 0 Å². The molecule has 0 bridgehead atoms. The average molecular weight is 376 g/mol. The normalized spacial score (nSPS) is 10.8. The Labute approximate surface area is 160 Å². The minimum atomic E-state index is -0.502. The first-order valence-corrected chi connectivity index (χ1v) is 8.61. The fourth-order valence-corrected chi connectivity index (χ4v) is 2.83. The van der Waals surface area contributed by atoms with Gasteiger partial charge in [0, 0.05) is 23.6 Å². The Balaban J connectivity index is 1.52. The molecule has 6 nitrogen and oxygen atoms in total. The van der Waals surface area contributed by atoms with Crippen molar-refractivity contribution in [2.45, 2.75) is 0 Å². The van der Waals surface area contributed by atoms with Gasteiger partial charge < -0.3 is 20.2 Å². The molecule has 0 aliphatic carbocycles. The SMILES string of the molecule is Nc1cccc(-c2cn3cccc(OCC(=O)Nc4ccccc4F)c3n2)c1. The molecule has 1 amide bonds. The van der Waals surface area contributed by atoms with Crippen LogP contribution in [-0.2, 0) is 4.79 Å². The number of nitrogens with zero attached hydrogens (tertiary/aromatic N) is 2. The van der Waals surface area contributed by atoms with Crippen LogP contribution in [-0.4, -0.2) is 21.9 Å². The highest BCUT2D eigenvalue weighted by atomic mass is 19.1. The van der Waals surface area contributed by atoms with Gasteiger partial charge in [0.15, 0.2) is 18.0 Å². The monoisotopic (exact) mass is 376 g/mol. The van der Waals surface area contributed by atoms with Gasteiger partial charge in [-0.25, -0.2) is 9.37 Å². The number of halogens is 1. The lowest BCUT2D eigenvalue weighted by Crippen LogP contribution is -2.21. The van der Waals surface area contributed by atoms with Crippen molar-refractivity contribution in [3.8, 4) is 17.0 Å². The van der Waals surface area contributed by atoms with Crippen LogP contribution < -0.4 is 15.8 Å². The summed E-state index contributed by atoms with van der Waals surface area (Å²) in [5, 5.41) is 2.49. The molecule has 2 heterocycles. The summed E-state index contributed by atoms with van der Waals surface area (Å²) in [4.78, 5) is 16.7. The van der Waals surface area contributed by atoms with Crippen LogP contribution in [0.5, 0.6) is 5.75 Å². The second kappa shape index (κ2) is 7.40. The van der Waals surface area contributed by atoms with E-state index in [2.05, 4.69) is 10.3 Å². The third-order valence-corrected chi connectivity index (χ3v) is 4.14. The molecule has 0 aliphatic rings. The Kier molecular flexibility index (Phi) is 4.63. The number of benzene rings is 2. The number of nitrogens with one attached hydrogen (secondary N) is 1. The van der Waals surface area contributed by atoms with E-state index in [1.165, 1.54) is 12.1 Å². The van der Waals surface area contributed by atoms with E-state index in [9.17, 15) is 9.18 Å². The van der Waals surface area contributed by atoms with E-state index in [1.807, 2.05) is 41.1 Å². The van der Waals surface area contributed by atoms with Crippen molar-refractivity contribution >= 4 is 22.9 Å². The van der Waals surface area contributed by atoms with Crippen LogP contribution in [0.3, 0.4) is 0 Å². The summed E-state index contributed by atoms with van der Waals surface area (Å²) in [7, 11) is 0. The van der Waals surface area contributed by atoms with Gasteiger partial charge >= 0.3 is 0 Å². The highest BCUT2D eigenvalue weighted by molar-refractivity contribution is 5.92. The summed E-state index contributed by atoms with van der Waals surface area (Å²) >= 11 is 0. The van der Waals surface area contributed by atoms with Gasteiger partial charge in [-0.05, 0) is 36.4 Å². The van der Waals surface area contributed by atoms with Gasteiger partial charge in [0.1, 0.15) is 5.82 Å². The van der Waals surface area contributed by atoms with Crippen molar-refractivity contribution in [3.05, 3.63) is 78.9 Å². The number of carbonyl (C=O) groups excluding carboxylic acids is 1. The molecule has 140 valence electrons. The number of pyridine rings is 1. The number of rotatable bonds is 5. The Bertz CT molecular complexity index is 1160. The highest BCUT2D eigenvalue weighted by Gasteiger charge is 2.12. The van der Waals surface area contributed by atoms with Crippen LogP contribution >= 0.6 is 0 Å². The van der Waals surface area contributed by atoms with Gasteiger partial charge in [0.2, 0.25) is 0 Å². The summed E-state index contributed by atoms with van der Waals surface area (Å²) in [5.41, 5.74) is 8.79. The zero-order valence-electron chi connectivity index (χ0n) is 14.8. The molecular weight excluding hydrogens is 359 g/mol. The topological polar surface area (TPSA) is 81.6 Å². The summed E-state index contributed by atoms with van der Waals surface area (Å²) in [6.45, 7) is -0.269. The first-order valence-electron chi connectivity index (χ1n) is 8.61. The van der Waals surface area contributed by atoms with E-state index in [1.54, 1.807) is 24.3 Å². The summed E-state index contributed by atoms with van der Waals surface area (Å²) in [6.07, 6.45) is 3.70. The molecule has 4 rings (SSSR count). The van der Waals surface area contributed by atoms with Crippen LogP contribution in [0.2, 0.25) is 0 Å². The van der Waals surface area contributed by atoms with Crippen molar-refractivity contribution in [2.75, 3.05) is 17.7 Å². The molecule has 0 atom stereocenters. The van der Waals surface area contributed by atoms with Crippen molar-refractivity contribution in [3.63, 3.8) is 0 Å². The van der Waals surface area contributed by atoms with Crippen LogP contribution in [0.15, 0.2) is 73.1 Å². The fraction of sp³-hybridized carbons (Fsp3) is 0.0476.